The Balaban J connectivity index is 1.84. The summed E-state index contributed by atoms with van der Waals surface area (Å²) in [6, 6.07) is 5.47. The Bertz CT molecular complexity index is 739. The molecule has 2 N–H and O–H groups in total. The van der Waals surface area contributed by atoms with Gasteiger partial charge in [0.1, 0.15) is 10.1 Å². The van der Waals surface area contributed by atoms with Crippen LogP contribution >= 0.6 is 23.1 Å². The number of thioether (sulfide) groups is 1. The molecule has 1 atom stereocenters. The van der Waals surface area contributed by atoms with Crippen molar-refractivity contribution in [3.05, 3.63) is 23.2 Å². The van der Waals surface area contributed by atoms with E-state index in [1.54, 1.807) is 11.3 Å². The smallest absolute Gasteiger partial charge is 0.329 e. The number of carboxylic acids is 1. The summed E-state index contributed by atoms with van der Waals surface area (Å²) in [6.07, 6.45) is 0. The van der Waals surface area contributed by atoms with Crippen LogP contribution in [0.5, 0.6) is 0 Å². The number of aliphatic carboxylic acids is 1. The summed E-state index contributed by atoms with van der Waals surface area (Å²) in [5.41, 5.74) is 2.01. The lowest BCUT2D eigenvalue weighted by atomic mass is 10.2. The fourth-order valence-corrected chi connectivity index (χ4v) is 4.17. The molecule has 1 unspecified atom stereocenters. The topological polar surface area (TPSA) is 74.6 Å². The van der Waals surface area contributed by atoms with Gasteiger partial charge < -0.3 is 10.4 Å². The lowest BCUT2D eigenvalue weighted by molar-refractivity contribution is -0.137. The van der Waals surface area contributed by atoms with Crippen molar-refractivity contribution in [2.45, 2.75) is 19.9 Å². The largest absolute Gasteiger partial charge is 0.480 e. The zero-order valence-corrected chi connectivity index (χ0v) is 14.0. The highest BCUT2D eigenvalue weighted by Gasteiger charge is 2.26. The van der Waals surface area contributed by atoms with Crippen LogP contribution in [-0.4, -0.2) is 39.4 Å². The molecule has 0 amide bonds. The third kappa shape index (κ3) is 3.25. The number of carboxylic acid groups (broad SMARTS) is 1. The normalized spacial score (nSPS) is 18.0. The highest BCUT2D eigenvalue weighted by molar-refractivity contribution is 8.15. The van der Waals surface area contributed by atoms with Crippen LogP contribution in [0.2, 0.25) is 0 Å². The zero-order chi connectivity index (χ0) is 15.7. The van der Waals surface area contributed by atoms with Crippen molar-refractivity contribution in [1.29, 1.82) is 0 Å². The van der Waals surface area contributed by atoms with Gasteiger partial charge in [0.05, 0.1) is 10.2 Å². The van der Waals surface area contributed by atoms with Gasteiger partial charge in [-0.3, -0.25) is 4.99 Å². The van der Waals surface area contributed by atoms with Crippen molar-refractivity contribution in [3.63, 3.8) is 0 Å². The molecule has 0 radical (unpaired) electrons. The van der Waals surface area contributed by atoms with Crippen molar-refractivity contribution < 1.29 is 9.90 Å². The number of rotatable bonds is 5. The number of nitrogens with one attached hydrogen (secondary N) is 1. The fraction of sp³-hybridized carbons (Fsp3) is 0.400. The predicted octanol–water partition coefficient (Wildman–Crippen LogP) is 3.31. The number of thiazole rings is 1. The quantitative estimate of drug-likeness (QED) is 0.877. The predicted molar refractivity (Wildman–Crippen MR) is 93.4 cm³/mol. The van der Waals surface area contributed by atoms with Crippen LogP contribution in [0.4, 0.5) is 5.69 Å². The molecule has 0 aliphatic carbocycles. The average molecular weight is 335 g/mol. The molecular weight excluding hydrogens is 318 g/mol. The van der Waals surface area contributed by atoms with Gasteiger partial charge in [-0.1, -0.05) is 13.8 Å². The second kappa shape index (κ2) is 6.26. The van der Waals surface area contributed by atoms with Crippen LogP contribution in [-0.2, 0) is 4.79 Å². The van der Waals surface area contributed by atoms with Crippen LogP contribution in [0.25, 0.3) is 10.2 Å². The van der Waals surface area contributed by atoms with E-state index < -0.39 is 12.0 Å². The summed E-state index contributed by atoms with van der Waals surface area (Å²) >= 11 is 3.03. The summed E-state index contributed by atoms with van der Waals surface area (Å²) in [4.78, 5) is 19.8. The third-order valence-corrected chi connectivity index (χ3v) is 5.43. The maximum absolute atomic E-state index is 11.0. The molecule has 0 spiro atoms. The summed E-state index contributed by atoms with van der Waals surface area (Å²) < 4.78 is 1.09. The maximum atomic E-state index is 11.0. The van der Waals surface area contributed by atoms with Gasteiger partial charge >= 0.3 is 5.97 Å². The molecule has 1 aromatic carbocycles. The monoisotopic (exact) mass is 335 g/mol. The minimum Gasteiger partial charge on any atom is -0.480 e. The molecule has 7 heteroatoms. The second-order valence-electron chi connectivity index (χ2n) is 5.58. The number of fused-ring (bicyclic) bond motifs is 1. The molecule has 5 nitrogen and oxygen atoms in total. The molecule has 0 fully saturated rings. The van der Waals surface area contributed by atoms with E-state index in [-0.39, 0.29) is 0 Å². The molecule has 0 saturated heterocycles. The molecule has 1 aromatic heterocycles. The molecule has 3 rings (SSSR count). The molecule has 1 aliphatic heterocycles. The summed E-state index contributed by atoms with van der Waals surface area (Å²) in [6.45, 7) is 5.27. The van der Waals surface area contributed by atoms with Gasteiger partial charge in [0.25, 0.3) is 0 Å². The van der Waals surface area contributed by atoms with Gasteiger partial charge in [-0.25, -0.2) is 9.78 Å². The Hall–Kier alpha value is -1.60. The number of aliphatic imine (C=N–C) groups is 1. The maximum Gasteiger partial charge on any atom is 0.329 e. The minimum absolute atomic E-state index is 0.488. The lowest BCUT2D eigenvalue weighted by Crippen LogP contribution is -2.17. The second-order valence-corrected chi connectivity index (χ2v) is 7.61. The molecular formula is C15H17N3O2S2. The Kier molecular flexibility index (Phi) is 4.35. The van der Waals surface area contributed by atoms with E-state index >= 15 is 0 Å². The average Bonchev–Trinajstić information content (AvgIpc) is 3.10. The van der Waals surface area contributed by atoms with Crippen LogP contribution in [0, 0.1) is 5.92 Å². The highest BCUT2D eigenvalue weighted by atomic mass is 32.2. The number of aromatic nitrogens is 1. The zero-order valence-electron chi connectivity index (χ0n) is 12.4. The van der Waals surface area contributed by atoms with E-state index in [9.17, 15) is 4.79 Å². The van der Waals surface area contributed by atoms with Crippen molar-refractivity contribution >= 4 is 50.0 Å². The van der Waals surface area contributed by atoms with E-state index in [1.807, 2.05) is 12.1 Å². The molecule has 116 valence electrons. The van der Waals surface area contributed by atoms with E-state index in [4.69, 9.17) is 5.11 Å². The third-order valence-electron chi connectivity index (χ3n) is 3.22. The Morgan fingerprint density at radius 3 is 3.00 bits per heavy atom. The van der Waals surface area contributed by atoms with Gasteiger partial charge in [-0.2, -0.15) is 0 Å². The first-order valence-corrected chi connectivity index (χ1v) is 8.91. The Labute approximate surface area is 136 Å². The summed E-state index contributed by atoms with van der Waals surface area (Å²) in [7, 11) is 0. The Morgan fingerprint density at radius 2 is 2.32 bits per heavy atom. The summed E-state index contributed by atoms with van der Waals surface area (Å²) in [5, 5.41) is 14.0. The number of hydrogen-bond donors (Lipinski definition) is 2. The first kappa shape index (κ1) is 15.3. The van der Waals surface area contributed by atoms with Crippen LogP contribution < -0.4 is 5.32 Å². The highest BCUT2D eigenvalue weighted by Crippen LogP contribution is 2.31. The van der Waals surface area contributed by atoms with Gasteiger partial charge in [-0.05, 0) is 24.1 Å². The fourth-order valence-electron chi connectivity index (χ4n) is 2.07. The molecule has 2 aromatic rings. The van der Waals surface area contributed by atoms with Gasteiger partial charge in [0, 0.05) is 18.0 Å². The van der Waals surface area contributed by atoms with Crippen LogP contribution in [0.3, 0.4) is 0 Å². The van der Waals surface area contributed by atoms with E-state index in [0.29, 0.717) is 11.7 Å². The number of carbonyl (C=O) groups is 1. The van der Waals surface area contributed by atoms with E-state index in [0.717, 1.165) is 32.5 Å². The summed E-state index contributed by atoms with van der Waals surface area (Å²) in [5.74, 6) is 0.204. The standard InChI is InChI=1S/C15H17N3O2S2/c1-8(2)6-16-9-3-4-10-12(5-9)22-14(17-10)13-18-11(7-21-13)15(19)20/h3-5,8,11,16H,6-7H2,1-2H3,(H,19,20). The van der Waals surface area contributed by atoms with Crippen LogP contribution in [0.15, 0.2) is 23.2 Å². The molecule has 1 aliphatic rings. The number of hydrogen-bond acceptors (Lipinski definition) is 6. The van der Waals surface area contributed by atoms with E-state index in [1.165, 1.54) is 11.8 Å². The van der Waals surface area contributed by atoms with Crippen molar-refractivity contribution in [1.82, 2.24) is 4.98 Å². The molecule has 2 heterocycles. The SMILES string of the molecule is CC(C)CNc1ccc2nc(C3=NC(C(=O)O)CS3)sc2c1. The van der Waals surface area contributed by atoms with Gasteiger partial charge in [-0.15, -0.1) is 23.1 Å². The van der Waals surface area contributed by atoms with Crippen molar-refractivity contribution in [3.8, 4) is 0 Å². The number of benzene rings is 1. The first-order valence-electron chi connectivity index (χ1n) is 7.11. The molecule has 0 bridgehead atoms. The Morgan fingerprint density at radius 1 is 1.50 bits per heavy atom. The molecule has 0 saturated carbocycles. The first-order chi connectivity index (χ1) is 10.5. The number of anilines is 1. The van der Waals surface area contributed by atoms with E-state index in [2.05, 4.69) is 35.2 Å². The van der Waals surface area contributed by atoms with Crippen molar-refractivity contribution in [2.75, 3.05) is 17.6 Å². The van der Waals surface area contributed by atoms with Gasteiger partial charge in [0.15, 0.2) is 6.04 Å². The lowest BCUT2D eigenvalue weighted by Gasteiger charge is -2.08. The molecule has 22 heavy (non-hydrogen) atoms. The van der Waals surface area contributed by atoms with Crippen LogP contribution in [0.1, 0.15) is 18.9 Å². The van der Waals surface area contributed by atoms with Gasteiger partial charge in [0.2, 0.25) is 0 Å². The number of nitrogens with zero attached hydrogens (tertiary/aromatic N) is 2. The van der Waals surface area contributed by atoms with Crippen molar-refractivity contribution in [2.24, 2.45) is 10.9 Å². The minimum atomic E-state index is -0.871.